The smallest absolute Gasteiger partial charge is 0.123 e. The van der Waals surface area contributed by atoms with Crippen molar-refractivity contribution in [2.24, 2.45) is 5.10 Å². The zero-order valence-corrected chi connectivity index (χ0v) is 16.4. The summed E-state index contributed by atoms with van der Waals surface area (Å²) in [5.41, 5.74) is 3.94. The molecule has 3 aromatic carbocycles. The quantitative estimate of drug-likeness (QED) is 0.445. The van der Waals surface area contributed by atoms with Crippen molar-refractivity contribution in [2.45, 2.75) is 12.5 Å². The van der Waals surface area contributed by atoms with E-state index in [0.717, 1.165) is 28.9 Å². The minimum absolute atomic E-state index is 0.0209. The minimum Gasteiger partial charge on any atom is -0.257 e. The van der Waals surface area contributed by atoms with Crippen LogP contribution in [-0.2, 0) is 0 Å². The third-order valence-electron chi connectivity index (χ3n) is 4.62. The summed E-state index contributed by atoms with van der Waals surface area (Å²) in [5.74, 6) is -0.266. The summed E-state index contributed by atoms with van der Waals surface area (Å²) < 4.78 is 13.4. The molecule has 0 aromatic heterocycles. The summed E-state index contributed by atoms with van der Waals surface area (Å²) in [5, 5.41) is 8.12. The summed E-state index contributed by atoms with van der Waals surface area (Å²) >= 11 is 12.0. The maximum Gasteiger partial charge on any atom is 0.123 e. The molecule has 1 aliphatic heterocycles. The molecule has 0 aliphatic carbocycles. The second kappa shape index (κ2) is 8.17. The average Bonchev–Trinajstić information content (AvgIpc) is 3.13. The van der Waals surface area contributed by atoms with E-state index in [1.54, 1.807) is 12.1 Å². The molecule has 4 rings (SSSR count). The lowest BCUT2D eigenvalue weighted by Crippen LogP contribution is -2.18. The molecule has 1 heterocycles. The first kappa shape index (κ1) is 18.7. The summed E-state index contributed by atoms with van der Waals surface area (Å²) in [6.45, 7) is 0. The van der Waals surface area contributed by atoms with E-state index in [0.29, 0.717) is 10.0 Å². The standard InChI is InChI=1S/C23H17Cl2FN2/c24-18-6-1-16(2-7-18)3-12-21-15-23(17-4-8-19(25)9-5-17)28(27-21)22-13-10-20(26)11-14-22/h1-14,23H,15H2/b12-3-/t23-/m0/s1. The van der Waals surface area contributed by atoms with Gasteiger partial charge in [0.25, 0.3) is 0 Å². The van der Waals surface area contributed by atoms with Gasteiger partial charge in [-0.3, -0.25) is 5.01 Å². The van der Waals surface area contributed by atoms with E-state index < -0.39 is 0 Å². The molecule has 140 valence electrons. The summed E-state index contributed by atoms with van der Waals surface area (Å²) in [6.07, 6.45) is 4.76. The molecule has 5 heteroatoms. The summed E-state index contributed by atoms with van der Waals surface area (Å²) in [4.78, 5) is 0. The number of hydrazone groups is 1. The molecule has 0 bridgehead atoms. The molecule has 0 fully saturated rings. The number of allylic oxidation sites excluding steroid dienone is 1. The number of halogens is 3. The first-order chi connectivity index (χ1) is 13.6. The van der Waals surface area contributed by atoms with Gasteiger partial charge in [0, 0.05) is 16.5 Å². The Morgan fingerprint density at radius 1 is 0.821 bits per heavy atom. The highest BCUT2D eigenvalue weighted by molar-refractivity contribution is 6.30. The Hall–Kier alpha value is -2.62. The van der Waals surface area contributed by atoms with Gasteiger partial charge in [-0.15, -0.1) is 0 Å². The Bertz CT molecular complexity index is 1010. The van der Waals surface area contributed by atoms with Crippen LogP contribution >= 0.6 is 23.2 Å². The van der Waals surface area contributed by atoms with Crippen LogP contribution in [0.1, 0.15) is 23.6 Å². The third kappa shape index (κ3) is 4.27. The number of anilines is 1. The van der Waals surface area contributed by atoms with Crippen LogP contribution in [0.3, 0.4) is 0 Å². The monoisotopic (exact) mass is 410 g/mol. The van der Waals surface area contributed by atoms with E-state index in [-0.39, 0.29) is 11.9 Å². The van der Waals surface area contributed by atoms with Crippen LogP contribution in [0.25, 0.3) is 6.08 Å². The Kier molecular flexibility index (Phi) is 5.47. The highest BCUT2D eigenvalue weighted by Gasteiger charge is 2.28. The fraction of sp³-hybridized carbons (Fsp3) is 0.0870. The van der Waals surface area contributed by atoms with Crippen LogP contribution in [0, 0.1) is 5.82 Å². The van der Waals surface area contributed by atoms with E-state index in [9.17, 15) is 4.39 Å². The van der Waals surface area contributed by atoms with Gasteiger partial charge < -0.3 is 0 Å². The van der Waals surface area contributed by atoms with Crippen molar-refractivity contribution < 1.29 is 4.39 Å². The van der Waals surface area contributed by atoms with E-state index in [1.807, 2.05) is 65.7 Å². The van der Waals surface area contributed by atoms with Crippen molar-refractivity contribution in [3.8, 4) is 0 Å². The van der Waals surface area contributed by atoms with Gasteiger partial charge in [0.1, 0.15) is 5.82 Å². The van der Waals surface area contributed by atoms with Crippen molar-refractivity contribution in [1.82, 2.24) is 0 Å². The largest absolute Gasteiger partial charge is 0.257 e. The number of benzene rings is 3. The minimum atomic E-state index is -0.266. The lowest BCUT2D eigenvalue weighted by molar-refractivity contribution is 0.626. The number of hydrogen-bond acceptors (Lipinski definition) is 2. The highest BCUT2D eigenvalue weighted by Crippen LogP contribution is 2.36. The lowest BCUT2D eigenvalue weighted by Gasteiger charge is -2.24. The molecule has 0 saturated carbocycles. The van der Waals surface area contributed by atoms with Crippen molar-refractivity contribution >= 4 is 40.7 Å². The fourth-order valence-electron chi connectivity index (χ4n) is 3.18. The molecule has 0 unspecified atom stereocenters. The van der Waals surface area contributed by atoms with Gasteiger partial charge in [0.05, 0.1) is 17.4 Å². The maximum atomic E-state index is 13.4. The first-order valence-electron chi connectivity index (χ1n) is 8.90. The van der Waals surface area contributed by atoms with Gasteiger partial charge in [-0.05, 0) is 65.7 Å². The predicted molar refractivity (Wildman–Crippen MR) is 116 cm³/mol. The molecule has 0 amide bonds. The number of hydrogen-bond donors (Lipinski definition) is 0. The van der Waals surface area contributed by atoms with Gasteiger partial charge in [0.15, 0.2) is 0 Å². The zero-order valence-electron chi connectivity index (χ0n) is 14.9. The maximum absolute atomic E-state index is 13.4. The lowest BCUT2D eigenvalue weighted by atomic mass is 10.0. The second-order valence-corrected chi connectivity index (χ2v) is 7.44. The number of nitrogens with zero attached hydrogens (tertiary/aromatic N) is 2. The van der Waals surface area contributed by atoms with Gasteiger partial charge in [-0.1, -0.05) is 53.5 Å². The molecule has 0 N–H and O–H groups in total. The van der Waals surface area contributed by atoms with Crippen molar-refractivity contribution in [3.63, 3.8) is 0 Å². The summed E-state index contributed by atoms with van der Waals surface area (Å²) in [6, 6.07) is 21.8. The molecule has 3 aromatic rings. The normalized spacial score (nSPS) is 16.6. The Morgan fingerprint density at radius 3 is 2.07 bits per heavy atom. The van der Waals surface area contributed by atoms with Crippen LogP contribution in [0.2, 0.25) is 10.0 Å². The molecule has 0 radical (unpaired) electrons. The van der Waals surface area contributed by atoms with Crippen LogP contribution in [0.5, 0.6) is 0 Å². The van der Waals surface area contributed by atoms with Crippen molar-refractivity contribution in [1.29, 1.82) is 0 Å². The first-order valence-corrected chi connectivity index (χ1v) is 9.65. The Morgan fingerprint density at radius 2 is 1.43 bits per heavy atom. The van der Waals surface area contributed by atoms with E-state index in [2.05, 4.69) is 0 Å². The van der Waals surface area contributed by atoms with Gasteiger partial charge in [-0.2, -0.15) is 5.10 Å². The molecular weight excluding hydrogens is 394 g/mol. The molecule has 2 nitrogen and oxygen atoms in total. The van der Waals surface area contributed by atoms with Crippen molar-refractivity contribution in [2.75, 3.05) is 5.01 Å². The zero-order chi connectivity index (χ0) is 19.5. The molecular formula is C23H17Cl2FN2. The van der Waals surface area contributed by atoms with E-state index in [4.69, 9.17) is 28.3 Å². The molecule has 0 spiro atoms. The van der Waals surface area contributed by atoms with Crippen molar-refractivity contribution in [3.05, 3.63) is 106 Å². The molecule has 1 atom stereocenters. The molecule has 0 saturated heterocycles. The van der Waals surface area contributed by atoms with Crippen LogP contribution < -0.4 is 5.01 Å². The van der Waals surface area contributed by atoms with E-state index in [1.165, 1.54) is 12.1 Å². The SMILES string of the molecule is Fc1ccc(N2N=C(/C=C\c3ccc(Cl)cc3)C[C@H]2c2ccc(Cl)cc2)cc1. The fourth-order valence-corrected chi connectivity index (χ4v) is 3.43. The summed E-state index contributed by atoms with van der Waals surface area (Å²) in [7, 11) is 0. The Labute approximate surface area is 173 Å². The van der Waals surface area contributed by atoms with Gasteiger partial charge in [0.2, 0.25) is 0 Å². The molecule has 1 aliphatic rings. The topological polar surface area (TPSA) is 15.6 Å². The Balaban J connectivity index is 1.64. The third-order valence-corrected chi connectivity index (χ3v) is 5.12. The van der Waals surface area contributed by atoms with Crippen LogP contribution in [0.4, 0.5) is 10.1 Å². The van der Waals surface area contributed by atoms with Gasteiger partial charge in [-0.25, -0.2) is 4.39 Å². The second-order valence-electron chi connectivity index (χ2n) is 6.57. The average molecular weight is 411 g/mol. The van der Waals surface area contributed by atoms with E-state index >= 15 is 0 Å². The van der Waals surface area contributed by atoms with Crippen LogP contribution in [-0.4, -0.2) is 5.71 Å². The predicted octanol–water partition coefficient (Wildman–Crippen LogP) is 7.15. The number of rotatable bonds is 4. The molecule has 28 heavy (non-hydrogen) atoms. The van der Waals surface area contributed by atoms with Crippen LogP contribution in [0.15, 0.2) is 84.0 Å². The van der Waals surface area contributed by atoms with Gasteiger partial charge >= 0.3 is 0 Å². The highest BCUT2D eigenvalue weighted by atomic mass is 35.5.